The molecule has 0 aromatic heterocycles. The third-order valence-electron chi connectivity index (χ3n) is 4.23. The molecule has 2 rings (SSSR count). The summed E-state index contributed by atoms with van der Waals surface area (Å²) in [5, 5.41) is 5.84. The van der Waals surface area contributed by atoms with Crippen LogP contribution in [-0.2, 0) is 4.79 Å². The highest BCUT2D eigenvalue weighted by Crippen LogP contribution is 2.27. The Morgan fingerprint density at radius 1 is 1.08 bits per heavy atom. The number of hydrogen-bond donors (Lipinski definition) is 2. The zero-order valence-corrected chi connectivity index (χ0v) is 14.9. The van der Waals surface area contributed by atoms with E-state index in [0.29, 0.717) is 24.2 Å². The van der Waals surface area contributed by atoms with Gasteiger partial charge >= 0.3 is 0 Å². The van der Waals surface area contributed by atoms with Crippen LogP contribution in [0.15, 0.2) is 18.2 Å². The summed E-state index contributed by atoms with van der Waals surface area (Å²) in [4.78, 5) is 26.7. The fourth-order valence-corrected chi connectivity index (χ4v) is 2.99. The molecule has 1 aliphatic heterocycles. The van der Waals surface area contributed by atoms with E-state index in [1.165, 1.54) is 6.42 Å². The van der Waals surface area contributed by atoms with Crippen molar-refractivity contribution in [3.63, 3.8) is 0 Å². The first-order valence-electron chi connectivity index (χ1n) is 9.12. The first-order valence-corrected chi connectivity index (χ1v) is 9.12. The minimum atomic E-state index is -0.0657. The van der Waals surface area contributed by atoms with Crippen LogP contribution in [0, 0.1) is 0 Å². The highest BCUT2D eigenvalue weighted by Gasteiger charge is 2.19. The fourth-order valence-electron chi connectivity index (χ4n) is 2.99. The average Bonchev–Trinajstić information content (AvgIpc) is 2.60. The molecule has 0 spiro atoms. The lowest BCUT2D eigenvalue weighted by Crippen LogP contribution is -2.33. The summed E-state index contributed by atoms with van der Waals surface area (Å²) in [5.41, 5.74) is 2.31. The Morgan fingerprint density at radius 2 is 1.83 bits per heavy atom. The summed E-state index contributed by atoms with van der Waals surface area (Å²) in [6.07, 6.45) is 5.76. The molecule has 1 aliphatic rings. The van der Waals surface area contributed by atoms with Gasteiger partial charge in [0.05, 0.1) is 5.56 Å². The van der Waals surface area contributed by atoms with Crippen molar-refractivity contribution < 1.29 is 9.59 Å². The van der Waals surface area contributed by atoms with E-state index in [2.05, 4.69) is 15.5 Å². The van der Waals surface area contributed by atoms with E-state index in [4.69, 9.17) is 0 Å². The third kappa shape index (κ3) is 4.98. The predicted molar refractivity (Wildman–Crippen MR) is 98.7 cm³/mol. The van der Waals surface area contributed by atoms with Gasteiger partial charge in [0.25, 0.3) is 5.91 Å². The second-order valence-corrected chi connectivity index (χ2v) is 6.33. The van der Waals surface area contributed by atoms with Crippen LogP contribution in [0.3, 0.4) is 0 Å². The van der Waals surface area contributed by atoms with E-state index >= 15 is 0 Å². The number of carbonyl (C=O) groups excluding carboxylic acids is 2. The minimum absolute atomic E-state index is 0.0110. The summed E-state index contributed by atoms with van der Waals surface area (Å²) in [7, 11) is 0. The van der Waals surface area contributed by atoms with Crippen molar-refractivity contribution in [2.75, 3.05) is 29.9 Å². The maximum atomic E-state index is 12.6. The molecule has 1 aromatic rings. The van der Waals surface area contributed by atoms with E-state index < -0.39 is 0 Å². The zero-order chi connectivity index (χ0) is 17.4. The van der Waals surface area contributed by atoms with Crippen LogP contribution in [0.5, 0.6) is 0 Å². The molecular formula is C19H29N3O2. The molecule has 1 fully saturated rings. The Labute approximate surface area is 144 Å². The van der Waals surface area contributed by atoms with Crippen molar-refractivity contribution in [2.24, 2.45) is 0 Å². The normalized spacial score (nSPS) is 14.3. The van der Waals surface area contributed by atoms with Gasteiger partial charge in [-0.3, -0.25) is 9.59 Å². The van der Waals surface area contributed by atoms with Crippen LogP contribution in [0.4, 0.5) is 11.4 Å². The molecule has 1 aromatic carbocycles. The molecule has 0 atom stereocenters. The molecule has 5 nitrogen and oxygen atoms in total. The number of nitrogens with zero attached hydrogens (tertiary/aromatic N) is 1. The Kier molecular flexibility index (Phi) is 7.09. The molecule has 0 unspecified atom stereocenters. The molecule has 0 bridgehead atoms. The van der Waals surface area contributed by atoms with Gasteiger partial charge in [0, 0.05) is 37.4 Å². The molecule has 1 heterocycles. The lowest BCUT2D eigenvalue weighted by Gasteiger charge is -2.30. The maximum absolute atomic E-state index is 12.6. The molecule has 0 aliphatic carbocycles. The Bertz CT molecular complexity index is 566. The largest absolute Gasteiger partial charge is 0.371 e. The summed E-state index contributed by atoms with van der Waals surface area (Å²) in [5.74, 6) is -0.0767. The minimum Gasteiger partial charge on any atom is -0.371 e. The lowest BCUT2D eigenvalue weighted by molar-refractivity contribution is -0.116. The van der Waals surface area contributed by atoms with E-state index in [1.54, 1.807) is 0 Å². The molecule has 5 heteroatoms. The second-order valence-electron chi connectivity index (χ2n) is 6.33. The number of piperidine rings is 1. The highest BCUT2D eigenvalue weighted by molar-refractivity contribution is 6.02. The SMILES string of the molecule is CCCNC(=O)c1cc(NC(=O)CCC)ccc1N1CCCCC1. The number of rotatable bonds is 7. The molecule has 0 saturated carbocycles. The van der Waals surface area contributed by atoms with Gasteiger partial charge in [-0.25, -0.2) is 0 Å². The Hall–Kier alpha value is -2.04. The monoisotopic (exact) mass is 331 g/mol. The molecule has 2 amide bonds. The van der Waals surface area contributed by atoms with Crippen LogP contribution in [-0.4, -0.2) is 31.4 Å². The zero-order valence-electron chi connectivity index (χ0n) is 14.9. The first kappa shape index (κ1) is 18.3. The summed E-state index contributed by atoms with van der Waals surface area (Å²) in [6, 6.07) is 5.67. The van der Waals surface area contributed by atoms with Crippen LogP contribution in [0.25, 0.3) is 0 Å². The van der Waals surface area contributed by atoms with Crippen molar-refractivity contribution in [3.05, 3.63) is 23.8 Å². The second kappa shape index (κ2) is 9.30. The van der Waals surface area contributed by atoms with Gasteiger partial charge in [-0.15, -0.1) is 0 Å². The van der Waals surface area contributed by atoms with Crippen molar-refractivity contribution in [1.29, 1.82) is 0 Å². The van der Waals surface area contributed by atoms with Gasteiger partial charge in [-0.2, -0.15) is 0 Å². The number of carbonyl (C=O) groups is 2. The molecule has 0 radical (unpaired) electrons. The van der Waals surface area contributed by atoms with Crippen molar-refractivity contribution in [2.45, 2.75) is 52.4 Å². The van der Waals surface area contributed by atoms with Gasteiger partial charge in [-0.1, -0.05) is 13.8 Å². The number of amides is 2. The van der Waals surface area contributed by atoms with Crippen LogP contribution in [0.2, 0.25) is 0 Å². The van der Waals surface area contributed by atoms with E-state index in [9.17, 15) is 9.59 Å². The number of anilines is 2. The summed E-state index contributed by atoms with van der Waals surface area (Å²) < 4.78 is 0. The predicted octanol–water partition coefficient (Wildman–Crippen LogP) is 3.56. The van der Waals surface area contributed by atoms with E-state index in [0.717, 1.165) is 44.5 Å². The van der Waals surface area contributed by atoms with Gasteiger partial charge in [0.2, 0.25) is 5.91 Å². The van der Waals surface area contributed by atoms with Gasteiger partial charge in [-0.05, 0) is 50.3 Å². The summed E-state index contributed by atoms with van der Waals surface area (Å²) >= 11 is 0. The average molecular weight is 331 g/mol. The van der Waals surface area contributed by atoms with Crippen molar-refractivity contribution in [3.8, 4) is 0 Å². The standard InChI is InChI=1S/C19H29N3O2/c1-3-8-18(23)21-15-9-10-17(22-12-6-5-7-13-22)16(14-15)19(24)20-11-4-2/h9-10,14H,3-8,11-13H2,1-2H3,(H,20,24)(H,21,23). The molecule has 132 valence electrons. The molecule has 24 heavy (non-hydrogen) atoms. The molecular weight excluding hydrogens is 302 g/mol. The number of hydrogen-bond acceptors (Lipinski definition) is 3. The third-order valence-corrected chi connectivity index (χ3v) is 4.23. The van der Waals surface area contributed by atoms with Crippen molar-refractivity contribution >= 4 is 23.2 Å². The number of benzene rings is 1. The van der Waals surface area contributed by atoms with Crippen LogP contribution in [0.1, 0.15) is 62.7 Å². The van der Waals surface area contributed by atoms with Gasteiger partial charge < -0.3 is 15.5 Å². The number of nitrogens with one attached hydrogen (secondary N) is 2. The smallest absolute Gasteiger partial charge is 0.253 e. The fraction of sp³-hybridized carbons (Fsp3) is 0.579. The molecule has 1 saturated heterocycles. The first-order chi connectivity index (χ1) is 11.7. The quantitative estimate of drug-likeness (QED) is 0.803. The Morgan fingerprint density at radius 3 is 2.50 bits per heavy atom. The molecule has 2 N–H and O–H groups in total. The Balaban J connectivity index is 2.24. The van der Waals surface area contributed by atoms with E-state index in [1.807, 2.05) is 32.0 Å². The maximum Gasteiger partial charge on any atom is 0.253 e. The topological polar surface area (TPSA) is 61.4 Å². The van der Waals surface area contributed by atoms with E-state index in [-0.39, 0.29) is 11.8 Å². The van der Waals surface area contributed by atoms with Gasteiger partial charge in [0.1, 0.15) is 0 Å². The van der Waals surface area contributed by atoms with Gasteiger partial charge in [0.15, 0.2) is 0 Å². The highest BCUT2D eigenvalue weighted by atomic mass is 16.2. The lowest BCUT2D eigenvalue weighted by atomic mass is 10.1. The van der Waals surface area contributed by atoms with Crippen LogP contribution < -0.4 is 15.5 Å². The van der Waals surface area contributed by atoms with Crippen molar-refractivity contribution in [1.82, 2.24) is 5.32 Å². The summed E-state index contributed by atoms with van der Waals surface area (Å²) in [6.45, 7) is 6.63. The van der Waals surface area contributed by atoms with Crippen LogP contribution >= 0.6 is 0 Å².